The van der Waals surface area contributed by atoms with Gasteiger partial charge in [0.05, 0.1) is 22.8 Å². The Morgan fingerprint density at radius 3 is 2.63 bits per heavy atom. The van der Waals surface area contributed by atoms with E-state index in [1.54, 1.807) is 24.4 Å². The molecule has 0 saturated heterocycles. The molecular formula is C17H12ClF2N5O2. The zero-order valence-electron chi connectivity index (χ0n) is 13.6. The molecule has 3 N–H and O–H groups in total. The summed E-state index contributed by atoms with van der Waals surface area (Å²) in [6.07, 6.45) is 1.60. The highest BCUT2D eigenvalue weighted by Gasteiger charge is 2.17. The van der Waals surface area contributed by atoms with Gasteiger partial charge in [0.25, 0.3) is 11.8 Å². The maximum absolute atomic E-state index is 13.3. The van der Waals surface area contributed by atoms with Crippen molar-refractivity contribution >= 4 is 29.2 Å². The Morgan fingerprint density at radius 2 is 1.89 bits per heavy atom. The minimum Gasteiger partial charge on any atom is -0.345 e. The largest absolute Gasteiger partial charge is 0.345 e. The van der Waals surface area contributed by atoms with Gasteiger partial charge in [0, 0.05) is 12.3 Å². The predicted molar refractivity (Wildman–Crippen MR) is 93.3 cm³/mol. The Bertz CT molecular complexity index is 994. The van der Waals surface area contributed by atoms with E-state index in [0.29, 0.717) is 17.8 Å². The number of benzene rings is 1. The number of aromatic nitrogens is 3. The van der Waals surface area contributed by atoms with Crippen LogP contribution < -0.4 is 10.6 Å². The van der Waals surface area contributed by atoms with Crippen molar-refractivity contribution in [1.82, 2.24) is 20.5 Å². The summed E-state index contributed by atoms with van der Waals surface area (Å²) in [5.41, 5.74) is 0.437. The molecule has 0 unspecified atom stereocenters. The van der Waals surface area contributed by atoms with E-state index in [-0.39, 0.29) is 28.6 Å². The molecule has 0 atom stereocenters. The fourth-order valence-electron chi connectivity index (χ4n) is 2.15. The van der Waals surface area contributed by atoms with Gasteiger partial charge in [-0.25, -0.2) is 8.78 Å². The van der Waals surface area contributed by atoms with Crippen LogP contribution in [0.25, 0.3) is 0 Å². The van der Waals surface area contributed by atoms with Crippen LogP contribution >= 0.6 is 11.6 Å². The molecule has 0 aliphatic carbocycles. The van der Waals surface area contributed by atoms with Crippen LogP contribution in [-0.2, 0) is 6.54 Å². The topological polar surface area (TPSA) is 99.8 Å². The minimum atomic E-state index is -1.20. The summed E-state index contributed by atoms with van der Waals surface area (Å²) in [4.78, 5) is 28.3. The standard InChI is InChI=1S/C17H12ClF2N5O2/c18-11-6-13(20)12(19)5-10(11)16(26)23-15-7-14(24-25-15)17(27)22-8-9-3-1-2-4-21-9/h1-7H,8H2,(H,22,27)(H2,23,24,25,26). The average molecular weight is 392 g/mol. The summed E-state index contributed by atoms with van der Waals surface area (Å²) in [5, 5.41) is 11.0. The van der Waals surface area contributed by atoms with Crippen molar-refractivity contribution < 1.29 is 18.4 Å². The number of amides is 2. The summed E-state index contributed by atoms with van der Waals surface area (Å²) >= 11 is 5.75. The number of halogens is 3. The molecule has 3 rings (SSSR count). The first-order chi connectivity index (χ1) is 12.9. The first kappa shape index (κ1) is 18.5. The van der Waals surface area contributed by atoms with Crippen molar-refractivity contribution in [2.45, 2.75) is 6.54 Å². The lowest BCUT2D eigenvalue weighted by molar-refractivity contribution is 0.0944. The van der Waals surface area contributed by atoms with Crippen LogP contribution in [0.3, 0.4) is 0 Å². The molecule has 0 saturated carbocycles. The highest BCUT2D eigenvalue weighted by Crippen LogP contribution is 2.21. The van der Waals surface area contributed by atoms with Gasteiger partial charge in [0.2, 0.25) is 0 Å². The van der Waals surface area contributed by atoms with Gasteiger partial charge in [-0.15, -0.1) is 0 Å². The molecule has 2 heterocycles. The number of carbonyl (C=O) groups is 2. The second-order valence-corrected chi connectivity index (χ2v) is 5.78. The molecule has 27 heavy (non-hydrogen) atoms. The van der Waals surface area contributed by atoms with Crippen LogP contribution in [0.15, 0.2) is 42.6 Å². The van der Waals surface area contributed by atoms with Crippen LogP contribution in [0.1, 0.15) is 26.5 Å². The molecule has 3 aromatic rings. The van der Waals surface area contributed by atoms with Crippen LogP contribution in [0.2, 0.25) is 5.02 Å². The quantitative estimate of drug-likeness (QED) is 0.582. The van der Waals surface area contributed by atoms with Crippen LogP contribution in [-0.4, -0.2) is 27.0 Å². The summed E-state index contributed by atoms with van der Waals surface area (Å²) in [6.45, 7) is 0.207. The monoisotopic (exact) mass is 391 g/mol. The Kier molecular flexibility index (Phi) is 5.41. The smallest absolute Gasteiger partial charge is 0.272 e. The molecule has 0 bridgehead atoms. The number of pyridine rings is 1. The SMILES string of the molecule is O=C(NCc1ccccn1)c1cc(NC(=O)c2cc(F)c(F)cc2Cl)[nH]n1. The molecule has 2 aromatic heterocycles. The second kappa shape index (κ2) is 7.92. The van der Waals surface area contributed by atoms with Crippen LogP contribution in [0.5, 0.6) is 0 Å². The Morgan fingerprint density at radius 1 is 1.11 bits per heavy atom. The highest BCUT2D eigenvalue weighted by molar-refractivity contribution is 6.34. The van der Waals surface area contributed by atoms with Crippen molar-refractivity contribution in [2.24, 2.45) is 0 Å². The second-order valence-electron chi connectivity index (χ2n) is 5.37. The lowest BCUT2D eigenvalue weighted by Gasteiger charge is -2.05. The molecule has 10 heteroatoms. The maximum atomic E-state index is 13.3. The number of aromatic amines is 1. The van der Waals surface area contributed by atoms with Gasteiger partial charge in [-0.1, -0.05) is 17.7 Å². The summed E-state index contributed by atoms with van der Waals surface area (Å²) in [6, 6.07) is 7.98. The third-order valence-corrected chi connectivity index (χ3v) is 3.78. The van der Waals surface area contributed by atoms with E-state index in [0.717, 1.165) is 0 Å². The van der Waals surface area contributed by atoms with E-state index in [4.69, 9.17) is 11.6 Å². The molecule has 0 aliphatic rings. The van der Waals surface area contributed by atoms with Crippen molar-refractivity contribution in [3.8, 4) is 0 Å². The van der Waals surface area contributed by atoms with Crippen LogP contribution in [0, 0.1) is 11.6 Å². The molecule has 0 aliphatic heterocycles. The normalized spacial score (nSPS) is 10.5. The molecule has 0 fully saturated rings. The maximum Gasteiger partial charge on any atom is 0.272 e. The van der Waals surface area contributed by atoms with E-state index >= 15 is 0 Å². The molecule has 2 amide bonds. The van der Waals surface area contributed by atoms with Crippen molar-refractivity contribution in [2.75, 3.05) is 5.32 Å². The van der Waals surface area contributed by atoms with E-state index < -0.39 is 23.4 Å². The van der Waals surface area contributed by atoms with Gasteiger partial charge < -0.3 is 10.6 Å². The molecule has 0 radical (unpaired) electrons. The minimum absolute atomic E-state index is 0.0256. The summed E-state index contributed by atoms with van der Waals surface area (Å²) in [7, 11) is 0. The molecular weight excluding hydrogens is 380 g/mol. The lowest BCUT2D eigenvalue weighted by atomic mass is 10.2. The predicted octanol–water partition coefficient (Wildman–Crippen LogP) is 2.92. The fourth-order valence-corrected chi connectivity index (χ4v) is 2.39. The molecule has 7 nitrogen and oxygen atoms in total. The third-order valence-electron chi connectivity index (χ3n) is 3.47. The summed E-state index contributed by atoms with van der Waals surface area (Å²) < 4.78 is 26.4. The number of nitrogens with zero attached hydrogens (tertiary/aromatic N) is 2. The zero-order chi connectivity index (χ0) is 19.4. The van der Waals surface area contributed by atoms with E-state index in [9.17, 15) is 18.4 Å². The summed E-state index contributed by atoms with van der Waals surface area (Å²) in [5.74, 6) is -3.55. The van der Waals surface area contributed by atoms with Crippen molar-refractivity contribution in [3.05, 3.63) is 76.2 Å². The van der Waals surface area contributed by atoms with Gasteiger partial charge in [-0.05, 0) is 24.3 Å². The van der Waals surface area contributed by atoms with Crippen molar-refractivity contribution in [1.29, 1.82) is 0 Å². The van der Waals surface area contributed by atoms with Gasteiger partial charge >= 0.3 is 0 Å². The Hall–Kier alpha value is -3.33. The zero-order valence-corrected chi connectivity index (χ0v) is 14.3. The lowest BCUT2D eigenvalue weighted by Crippen LogP contribution is -2.23. The number of nitrogens with one attached hydrogen (secondary N) is 3. The van der Waals surface area contributed by atoms with Gasteiger partial charge in [0.1, 0.15) is 5.82 Å². The fraction of sp³-hybridized carbons (Fsp3) is 0.0588. The van der Waals surface area contributed by atoms with E-state index in [2.05, 4.69) is 25.8 Å². The van der Waals surface area contributed by atoms with Crippen molar-refractivity contribution in [3.63, 3.8) is 0 Å². The van der Waals surface area contributed by atoms with E-state index in [1.807, 2.05) is 0 Å². The Balaban J connectivity index is 1.64. The number of carbonyl (C=O) groups excluding carboxylic acids is 2. The first-order valence-electron chi connectivity index (χ1n) is 7.63. The number of anilines is 1. The van der Waals surface area contributed by atoms with Gasteiger partial charge in [-0.2, -0.15) is 5.10 Å². The van der Waals surface area contributed by atoms with Crippen LogP contribution in [0.4, 0.5) is 14.6 Å². The first-order valence-corrected chi connectivity index (χ1v) is 8.01. The number of H-pyrrole nitrogens is 1. The number of rotatable bonds is 5. The molecule has 1 aromatic carbocycles. The average Bonchev–Trinajstić information content (AvgIpc) is 3.12. The number of hydrogen-bond donors (Lipinski definition) is 3. The Labute approximate surface area is 156 Å². The van der Waals surface area contributed by atoms with Gasteiger partial charge in [0.15, 0.2) is 17.3 Å². The molecule has 0 spiro atoms. The third kappa shape index (κ3) is 4.45. The number of hydrogen-bond acceptors (Lipinski definition) is 4. The van der Waals surface area contributed by atoms with E-state index in [1.165, 1.54) is 6.07 Å². The molecule has 138 valence electrons. The highest BCUT2D eigenvalue weighted by atomic mass is 35.5. The van der Waals surface area contributed by atoms with Gasteiger partial charge in [-0.3, -0.25) is 19.7 Å².